The zero-order chi connectivity index (χ0) is 14.5. The molecular formula is C13H16N4O3. The van der Waals surface area contributed by atoms with E-state index in [-0.39, 0.29) is 11.8 Å². The summed E-state index contributed by atoms with van der Waals surface area (Å²) in [5.41, 5.74) is 0.823. The molecule has 0 amide bonds. The molecule has 0 saturated heterocycles. The van der Waals surface area contributed by atoms with Gasteiger partial charge in [0.1, 0.15) is 12.4 Å². The van der Waals surface area contributed by atoms with Crippen molar-refractivity contribution in [1.29, 1.82) is 0 Å². The molecule has 1 aromatic heterocycles. The van der Waals surface area contributed by atoms with Gasteiger partial charge in [-0.05, 0) is 12.0 Å². The molecule has 0 aliphatic rings. The Hall–Kier alpha value is -2.28. The summed E-state index contributed by atoms with van der Waals surface area (Å²) in [7, 11) is 1.80. The Kier molecular flexibility index (Phi) is 4.41. The molecule has 1 heterocycles. The molecule has 1 aromatic carbocycles. The summed E-state index contributed by atoms with van der Waals surface area (Å²) < 4.78 is 7.37. The lowest BCUT2D eigenvalue weighted by atomic mass is 10.2. The second-order valence-electron chi connectivity index (χ2n) is 4.41. The SMILES string of the molecule is CCC(OCc1cccc([N+](=O)[O-])c1)c1ncn(C)n1. The lowest BCUT2D eigenvalue weighted by Crippen LogP contribution is -2.06. The van der Waals surface area contributed by atoms with E-state index in [1.165, 1.54) is 12.1 Å². The number of non-ortho nitro benzene ring substituents is 1. The van der Waals surface area contributed by atoms with E-state index in [2.05, 4.69) is 10.1 Å². The molecule has 20 heavy (non-hydrogen) atoms. The number of hydrogen-bond donors (Lipinski definition) is 0. The van der Waals surface area contributed by atoms with E-state index in [0.717, 1.165) is 12.0 Å². The van der Waals surface area contributed by atoms with Gasteiger partial charge in [0, 0.05) is 19.2 Å². The highest BCUT2D eigenvalue weighted by molar-refractivity contribution is 5.33. The van der Waals surface area contributed by atoms with Gasteiger partial charge in [-0.1, -0.05) is 19.1 Å². The Balaban J connectivity index is 2.03. The van der Waals surface area contributed by atoms with Crippen molar-refractivity contribution in [2.24, 2.45) is 7.05 Å². The van der Waals surface area contributed by atoms with Crippen molar-refractivity contribution in [1.82, 2.24) is 14.8 Å². The van der Waals surface area contributed by atoms with Crippen molar-refractivity contribution in [2.75, 3.05) is 0 Å². The quantitative estimate of drug-likeness (QED) is 0.597. The van der Waals surface area contributed by atoms with Gasteiger partial charge in [0.05, 0.1) is 11.5 Å². The number of nitrogens with zero attached hydrogens (tertiary/aromatic N) is 4. The zero-order valence-corrected chi connectivity index (χ0v) is 11.4. The van der Waals surface area contributed by atoms with E-state index in [0.29, 0.717) is 12.4 Å². The molecule has 2 rings (SSSR count). The van der Waals surface area contributed by atoms with Crippen LogP contribution >= 0.6 is 0 Å². The molecular weight excluding hydrogens is 260 g/mol. The lowest BCUT2D eigenvalue weighted by Gasteiger charge is -2.12. The van der Waals surface area contributed by atoms with Crippen LogP contribution in [0.15, 0.2) is 30.6 Å². The molecule has 0 bridgehead atoms. The second-order valence-corrected chi connectivity index (χ2v) is 4.41. The Morgan fingerprint density at radius 1 is 1.50 bits per heavy atom. The minimum atomic E-state index is -0.416. The molecule has 0 aliphatic carbocycles. The Morgan fingerprint density at radius 3 is 2.90 bits per heavy atom. The van der Waals surface area contributed by atoms with E-state index in [1.807, 2.05) is 6.92 Å². The maximum atomic E-state index is 10.7. The molecule has 0 fully saturated rings. The molecule has 7 heteroatoms. The minimum Gasteiger partial charge on any atom is -0.365 e. The first kappa shape index (κ1) is 14.1. The Morgan fingerprint density at radius 2 is 2.30 bits per heavy atom. The number of nitro groups is 1. The number of ether oxygens (including phenoxy) is 1. The second kappa shape index (κ2) is 6.25. The van der Waals surface area contributed by atoms with Gasteiger partial charge in [-0.2, -0.15) is 5.10 Å². The van der Waals surface area contributed by atoms with Gasteiger partial charge in [-0.3, -0.25) is 14.8 Å². The average Bonchev–Trinajstić information content (AvgIpc) is 2.86. The van der Waals surface area contributed by atoms with Crippen LogP contribution in [-0.4, -0.2) is 19.7 Å². The van der Waals surface area contributed by atoms with Gasteiger partial charge >= 0.3 is 0 Å². The van der Waals surface area contributed by atoms with E-state index >= 15 is 0 Å². The normalized spacial score (nSPS) is 12.3. The third-order valence-corrected chi connectivity index (χ3v) is 2.85. The third kappa shape index (κ3) is 3.39. The summed E-state index contributed by atoms with van der Waals surface area (Å²) in [4.78, 5) is 14.5. The summed E-state index contributed by atoms with van der Waals surface area (Å²) in [5.74, 6) is 0.625. The molecule has 0 spiro atoms. The van der Waals surface area contributed by atoms with Crippen LogP contribution in [-0.2, 0) is 18.4 Å². The van der Waals surface area contributed by atoms with Crippen LogP contribution in [0.25, 0.3) is 0 Å². The Labute approximate surface area is 116 Å². The fourth-order valence-electron chi connectivity index (χ4n) is 1.84. The van der Waals surface area contributed by atoms with Crippen molar-refractivity contribution in [3.63, 3.8) is 0 Å². The smallest absolute Gasteiger partial charge is 0.269 e. The summed E-state index contributed by atoms with van der Waals surface area (Å²) in [5, 5.41) is 14.9. The summed E-state index contributed by atoms with van der Waals surface area (Å²) in [6.45, 7) is 2.27. The van der Waals surface area contributed by atoms with Crippen LogP contribution in [0, 0.1) is 10.1 Å². The van der Waals surface area contributed by atoms with Crippen LogP contribution in [0.2, 0.25) is 0 Å². The monoisotopic (exact) mass is 276 g/mol. The van der Waals surface area contributed by atoms with Crippen LogP contribution < -0.4 is 0 Å². The van der Waals surface area contributed by atoms with E-state index in [9.17, 15) is 10.1 Å². The third-order valence-electron chi connectivity index (χ3n) is 2.85. The van der Waals surface area contributed by atoms with Crippen LogP contribution in [0.1, 0.15) is 30.8 Å². The predicted molar refractivity (Wildman–Crippen MR) is 71.9 cm³/mol. The van der Waals surface area contributed by atoms with Gasteiger partial charge in [0.2, 0.25) is 0 Å². The number of aryl methyl sites for hydroxylation is 1. The number of benzene rings is 1. The van der Waals surface area contributed by atoms with Gasteiger partial charge in [-0.25, -0.2) is 4.98 Å². The molecule has 7 nitrogen and oxygen atoms in total. The van der Waals surface area contributed by atoms with Crippen LogP contribution in [0.4, 0.5) is 5.69 Å². The maximum absolute atomic E-state index is 10.7. The number of rotatable bonds is 6. The van der Waals surface area contributed by atoms with E-state index in [1.54, 1.807) is 30.2 Å². The van der Waals surface area contributed by atoms with Gasteiger partial charge < -0.3 is 4.74 Å². The molecule has 1 atom stereocenters. The van der Waals surface area contributed by atoms with E-state index < -0.39 is 4.92 Å². The van der Waals surface area contributed by atoms with Gasteiger partial charge in [0.25, 0.3) is 5.69 Å². The molecule has 0 N–H and O–H groups in total. The first-order valence-corrected chi connectivity index (χ1v) is 6.30. The molecule has 0 aliphatic heterocycles. The van der Waals surface area contributed by atoms with Crippen molar-refractivity contribution in [3.05, 3.63) is 52.1 Å². The first-order chi connectivity index (χ1) is 9.60. The predicted octanol–water partition coefficient (Wildman–Crippen LogP) is 2.39. The first-order valence-electron chi connectivity index (χ1n) is 6.30. The highest BCUT2D eigenvalue weighted by Gasteiger charge is 2.15. The topological polar surface area (TPSA) is 83.1 Å². The molecule has 0 saturated carbocycles. The van der Waals surface area contributed by atoms with Crippen molar-refractivity contribution < 1.29 is 9.66 Å². The van der Waals surface area contributed by atoms with Crippen molar-refractivity contribution in [2.45, 2.75) is 26.1 Å². The van der Waals surface area contributed by atoms with Gasteiger partial charge in [0.15, 0.2) is 5.82 Å². The highest BCUT2D eigenvalue weighted by atomic mass is 16.6. The van der Waals surface area contributed by atoms with Gasteiger partial charge in [-0.15, -0.1) is 0 Å². The van der Waals surface area contributed by atoms with Crippen LogP contribution in [0.3, 0.4) is 0 Å². The standard InChI is InChI=1S/C13H16N4O3/c1-3-12(13-14-9-16(2)15-13)20-8-10-5-4-6-11(7-10)17(18)19/h4-7,9,12H,3,8H2,1-2H3. The van der Waals surface area contributed by atoms with Crippen molar-refractivity contribution in [3.8, 4) is 0 Å². The van der Waals surface area contributed by atoms with E-state index in [4.69, 9.17) is 4.74 Å². The maximum Gasteiger partial charge on any atom is 0.269 e. The fraction of sp³-hybridized carbons (Fsp3) is 0.385. The lowest BCUT2D eigenvalue weighted by molar-refractivity contribution is -0.385. The summed E-state index contributed by atoms with van der Waals surface area (Å²) in [6.07, 6.45) is 2.14. The number of aromatic nitrogens is 3. The van der Waals surface area contributed by atoms with Crippen LogP contribution in [0.5, 0.6) is 0 Å². The minimum absolute atomic E-state index is 0.0649. The number of nitro benzene ring substituents is 1. The largest absolute Gasteiger partial charge is 0.365 e. The average molecular weight is 276 g/mol. The van der Waals surface area contributed by atoms with Crippen molar-refractivity contribution >= 4 is 5.69 Å². The molecule has 0 radical (unpaired) electrons. The Bertz CT molecular complexity index is 597. The highest BCUT2D eigenvalue weighted by Crippen LogP contribution is 2.20. The molecule has 106 valence electrons. The fourth-order valence-corrected chi connectivity index (χ4v) is 1.84. The number of hydrogen-bond acceptors (Lipinski definition) is 5. The summed E-state index contributed by atoms with van der Waals surface area (Å²) >= 11 is 0. The molecule has 2 aromatic rings. The molecule has 1 unspecified atom stereocenters. The summed E-state index contributed by atoms with van der Waals surface area (Å²) in [6, 6.07) is 6.42. The zero-order valence-electron chi connectivity index (χ0n) is 11.4.